The van der Waals surface area contributed by atoms with E-state index in [1.54, 1.807) is 54.5 Å². The number of aromatic nitrogens is 2. The highest BCUT2D eigenvalue weighted by Crippen LogP contribution is 2.35. The summed E-state index contributed by atoms with van der Waals surface area (Å²) in [4.78, 5) is 35.4. The lowest BCUT2D eigenvalue weighted by atomic mass is 9.94. The summed E-state index contributed by atoms with van der Waals surface area (Å²) in [6.45, 7) is 7.00. The zero-order valence-electron chi connectivity index (χ0n) is 24.7. The van der Waals surface area contributed by atoms with Gasteiger partial charge in [-0.1, -0.05) is 44.5 Å². The molecule has 0 bridgehead atoms. The van der Waals surface area contributed by atoms with E-state index in [0.717, 1.165) is 30.7 Å². The Morgan fingerprint density at radius 3 is 2.52 bits per heavy atom. The summed E-state index contributed by atoms with van der Waals surface area (Å²) >= 11 is 0. The van der Waals surface area contributed by atoms with Crippen molar-refractivity contribution in [1.82, 2.24) is 19.6 Å². The van der Waals surface area contributed by atoms with Crippen LogP contribution in [0.25, 0.3) is 11.1 Å². The Balaban J connectivity index is 1.66. The second kappa shape index (κ2) is 14.0. The topological polar surface area (TPSA) is 150 Å². The quantitative estimate of drug-likeness (QED) is 0.225. The van der Waals surface area contributed by atoms with E-state index < -0.39 is 16.1 Å². The predicted octanol–water partition coefficient (Wildman–Crippen LogP) is 4.63. The van der Waals surface area contributed by atoms with Gasteiger partial charge in [0, 0.05) is 36.5 Å². The molecule has 0 aliphatic carbocycles. The molecule has 2 aromatic carbocycles. The minimum atomic E-state index is -4.24. The van der Waals surface area contributed by atoms with Gasteiger partial charge in [-0.25, -0.2) is 13.4 Å². The van der Waals surface area contributed by atoms with Crippen LogP contribution in [0.5, 0.6) is 0 Å². The van der Waals surface area contributed by atoms with E-state index in [1.165, 1.54) is 6.07 Å². The number of carbonyl (C=O) groups excluding carboxylic acids is 2. The number of hydrogen-bond acceptors (Lipinski definition) is 6. The SMILES string of the molecule is CCC(=O)Nc1c(-c2cccc(N)c2)cccc1S(=O)(=O)NC(CCCc1nc[nH]c1C)C(=O)N1CCC(CC)CC1. The number of rotatable bonds is 12. The highest BCUT2D eigenvalue weighted by molar-refractivity contribution is 7.89. The first-order chi connectivity index (χ1) is 20.1. The van der Waals surface area contributed by atoms with Crippen LogP contribution in [-0.4, -0.2) is 54.2 Å². The third-order valence-corrected chi connectivity index (χ3v) is 9.55. The fraction of sp³-hybridized carbons (Fsp3) is 0.452. The molecular weight excluding hydrogens is 552 g/mol. The lowest BCUT2D eigenvalue weighted by Gasteiger charge is -2.34. The maximum absolute atomic E-state index is 14.0. The molecule has 0 radical (unpaired) electrons. The van der Waals surface area contributed by atoms with Crippen molar-refractivity contribution >= 4 is 33.2 Å². The Hall–Kier alpha value is -3.70. The summed E-state index contributed by atoms with van der Waals surface area (Å²) in [7, 11) is -4.24. The van der Waals surface area contributed by atoms with Gasteiger partial charge in [0.15, 0.2) is 0 Å². The van der Waals surface area contributed by atoms with Crippen LogP contribution in [0.3, 0.4) is 0 Å². The number of H-pyrrole nitrogens is 1. The summed E-state index contributed by atoms with van der Waals surface area (Å²) < 4.78 is 30.8. The molecule has 1 aromatic heterocycles. The highest BCUT2D eigenvalue weighted by Gasteiger charge is 2.33. The Kier molecular flexibility index (Phi) is 10.4. The van der Waals surface area contributed by atoms with E-state index >= 15 is 0 Å². The first-order valence-corrected chi connectivity index (χ1v) is 16.2. The molecule has 5 N–H and O–H groups in total. The highest BCUT2D eigenvalue weighted by atomic mass is 32.2. The number of carbonyl (C=O) groups is 2. The summed E-state index contributed by atoms with van der Waals surface area (Å²) in [5.74, 6) is 0.0212. The molecule has 0 spiro atoms. The molecule has 1 saturated heterocycles. The number of nitrogen functional groups attached to an aromatic ring is 1. The second-order valence-electron chi connectivity index (χ2n) is 10.9. The van der Waals surface area contributed by atoms with Gasteiger partial charge in [0.2, 0.25) is 21.8 Å². The molecule has 1 aliphatic rings. The first-order valence-electron chi connectivity index (χ1n) is 14.7. The zero-order valence-corrected chi connectivity index (χ0v) is 25.5. The molecule has 42 heavy (non-hydrogen) atoms. The van der Waals surface area contributed by atoms with Gasteiger partial charge in [-0.2, -0.15) is 4.72 Å². The van der Waals surface area contributed by atoms with E-state index in [1.807, 2.05) is 6.92 Å². The number of aryl methyl sites for hydroxylation is 2. The van der Waals surface area contributed by atoms with Crippen molar-refractivity contribution in [2.75, 3.05) is 24.1 Å². The summed E-state index contributed by atoms with van der Waals surface area (Å²) in [5, 5.41) is 2.79. The van der Waals surface area contributed by atoms with E-state index in [2.05, 4.69) is 26.9 Å². The van der Waals surface area contributed by atoms with Crippen LogP contribution in [0, 0.1) is 12.8 Å². The van der Waals surface area contributed by atoms with Gasteiger partial charge in [0.25, 0.3) is 0 Å². The lowest BCUT2D eigenvalue weighted by molar-refractivity contribution is -0.134. The fourth-order valence-corrected chi connectivity index (χ4v) is 6.84. The molecule has 226 valence electrons. The number of nitrogens with zero attached hydrogens (tertiary/aromatic N) is 2. The van der Waals surface area contributed by atoms with E-state index in [-0.39, 0.29) is 28.8 Å². The molecule has 10 nitrogen and oxygen atoms in total. The van der Waals surface area contributed by atoms with Crippen molar-refractivity contribution in [2.24, 2.45) is 5.92 Å². The second-order valence-corrected chi connectivity index (χ2v) is 12.6. The van der Waals surface area contributed by atoms with E-state index in [9.17, 15) is 18.0 Å². The maximum atomic E-state index is 14.0. The lowest BCUT2D eigenvalue weighted by Crippen LogP contribution is -2.50. The molecule has 2 heterocycles. The minimum Gasteiger partial charge on any atom is -0.399 e. The van der Waals surface area contributed by atoms with Gasteiger partial charge in [-0.3, -0.25) is 9.59 Å². The van der Waals surface area contributed by atoms with Crippen molar-refractivity contribution in [3.63, 3.8) is 0 Å². The molecular formula is C31H42N6O4S. The van der Waals surface area contributed by atoms with Gasteiger partial charge in [-0.15, -0.1) is 0 Å². The standard InChI is InChI=1S/C31H42N6O4S/c1-4-22-15-17-37(18-16-22)31(39)27(13-8-12-26-21(3)33-20-34-26)36-42(40,41)28-14-7-11-25(30(28)35-29(38)5-2)23-9-6-10-24(32)19-23/h6-7,9-11,14,19-20,22,27,36H,4-5,8,12-13,15-18,32H2,1-3H3,(H,33,34)(H,35,38). The van der Waals surface area contributed by atoms with Crippen LogP contribution in [0.4, 0.5) is 11.4 Å². The van der Waals surface area contributed by atoms with Crippen LogP contribution < -0.4 is 15.8 Å². The maximum Gasteiger partial charge on any atom is 0.243 e. The van der Waals surface area contributed by atoms with Gasteiger partial charge in [0.1, 0.15) is 10.9 Å². The van der Waals surface area contributed by atoms with Gasteiger partial charge >= 0.3 is 0 Å². The molecule has 2 amide bonds. The number of anilines is 2. The fourth-order valence-electron chi connectivity index (χ4n) is 5.44. The number of para-hydroxylation sites is 1. The van der Waals surface area contributed by atoms with Crippen LogP contribution >= 0.6 is 0 Å². The summed E-state index contributed by atoms with van der Waals surface area (Å²) in [5.41, 5.74) is 9.71. The Labute approximate surface area is 248 Å². The molecule has 3 aromatic rings. The zero-order chi connectivity index (χ0) is 30.3. The monoisotopic (exact) mass is 594 g/mol. The summed E-state index contributed by atoms with van der Waals surface area (Å²) in [6, 6.07) is 10.9. The molecule has 11 heteroatoms. The van der Waals surface area contributed by atoms with Crippen molar-refractivity contribution in [3.8, 4) is 11.1 Å². The smallest absolute Gasteiger partial charge is 0.243 e. The third-order valence-electron chi connectivity index (χ3n) is 8.04. The van der Waals surface area contributed by atoms with E-state index in [0.29, 0.717) is 55.1 Å². The van der Waals surface area contributed by atoms with Crippen molar-refractivity contribution in [3.05, 3.63) is 60.2 Å². The summed E-state index contributed by atoms with van der Waals surface area (Å²) in [6.07, 6.45) is 6.17. The molecule has 1 unspecified atom stereocenters. The first kappa shape index (κ1) is 31.2. The third kappa shape index (κ3) is 7.57. The molecule has 0 saturated carbocycles. The van der Waals surface area contributed by atoms with Crippen molar-refractivity contribution in [2.45, 2.75) is 76.7 Å². The van der Waals surface area contributed by atoms with Gasteiger partial charge in [-0.05, 0) is 68.7 Å². The largest absolute Gasteiger partial charge is 0.399 e. The molecule has 1 aliphatic heterocycles. The van der Waals surface area contributed by atoms with Crippen LogP contribution in [0.15, 0.2) is 53.7 Å². The number of nitrogens with two attached hydrogens (primary N) is 1. The number of benzene rings is 2. The molecule has 1 atom stereocenters. The van der Waals surface area contributed by atoms with Crippen LogP contribution in [-0.2, 0) is 26.0 Å². The Morgan fingerprint density at radius 2 is 1.88 bits per heavy atom. The number of nitrogens with one attached hydrogen (secondary N) is 3. The average molecular weight is 595 g/mol. The van der Waals surface area contributed by atoms with Gasteiger partial charge < -0.3 is 20.9 Å². The number of sulfonamides is 1. The minimum absolute atomic E-state index is 0.102. The normalized spacial score (nSPS) is 15.0. The van der Waals surface area contributed by atoms with Crippen LogP contribution in [0.2, 0.25) is 0 Å². The van der Waals surface area contributed by atoms with Gasteiger partial charge in [0.05, 0.1) is 17.7 Å². The number of piperidine rings is 1. The number of hydrogen-bond donors (Lipinski definition) is 4. The van der Waals surface area contributed by atoms with E-state index in [4.69, 9.17) is 5.73 Å². The van der Waals surface area contributed by atoms with Crippen LogP contribution in [0.1, 0.15) is 63.8 Å². The molecule has 4 rings (SSSR count). The Bertz CT molecular complexity index is 1490. The number of amides is 2. The number of likely N-dealkylation sites (tertiary alicyclic amines) is 1. The number of imidazole rings is 1. The molecule has 1 fully saturated rings. The van der Waals surface area contributed by atoms with Crippen molar-refractivity contribution < 1.29 is 18.0 Å². The van der Waals surface area contributed by atoms with Crippen molar-refractivity contribution in [1.29, 1.82) is 0 Å². The Morgan fingerprint density at radius 1 is 1.14 bits per heavy atom. The predicted molar refractivity (Wildman–Crippen MR) is 165 cm³/mol. The number of aromatic amines is 1. The average Bonchev–Trinajstić information content (AvgIpc) is 3.40.